The van der Waals surface area contributed by atoms with Crippen molar-refractivity contribution in [3.8, 4) is 0 Å². The number of nitrogens with zero attached hydrogens (tertiary/aromatic N) is 2. The molecular weight excluding hydrogens is 262 g/mol. The largest absolute Gasteiger partial charge is 0.465 e. The maximum atomic E-state index is 10.6. The number of carbonyl (C=O) groups is 1. The van der Waals surface area contributed by atoms with Gasteiger partial charge in [-0.15, -0.1) is 0 Å². The summed E-state index contributed by atoms with van der Waals surface area (Å²) < 4.78 is 0. The minimum absolute atomic E-state index is 0.0572. The summed E-state index contributed by atoms with van der Waals surface area (Å²) in [7, 11) is 0. The smallest absolute Gasteiger partial charge is 0.410 e. The Morgan fingerprint density at radius 2 is 1.89 bits per heavy atom. The van der Waals surface area contributed by atoms with Gasteiger partial charge in [0.15, 0.2) is 0 Å². The molecule has 0 radical (unpaired) electrons. The summed E-state index contributed by atoms with van der Waals surface area (Å²) in [5, 5.41) is 10.7. The van der Waals surface area contributed by atoms with E-state index in [-0.39, 0.29) is 5.11 Å². The Kier molecular flexibility index (Phi) is 5.95. The van der Waals surface area contributed by atoms with E-state index in [1.165, 1.54) is 0 Å². The van der Waals surface area contributed by atoms with E-state index in [4.69, 9.17) is 17.3 Å². The van der Waals surface area contributed by atoms with Crippen LogP contribution in [0.15, 0.2) is 35.3 Å². The van der Waals surface area contributed by atoms with Crippen molar-refractivity contribution < 1.29 is 9.90 Å². The van der Waals surface area contributed by atoms with Crippen LogP contribution in [-0.2, 0) is 0 Å². The number of nitrogens with one attached hydrogen (secondary N) is 1. The Balaban J connectivity index is 3.09. The molecule has 0 spiro atoms. The van der Waals surface area contributed by atoms with E-state index < -0.39 is 6.09 Å². The molecule has 1 aromatic carbocycles. The lowest BCUT2D eigenvalue weighted by atomic mass is 10.2. The minimum Gasteiger partial charge on any atom is -0.465 e. The molecule has 0 heterocycles. The number of hydrogen-bond donors (Lipinski definition) is 2. The van der Waals surface area contributed by atoms with Gasteiger partial charge in [-0.25, -0.2) is 9.79 Å². The summed E-state index contributed by atoms with van der Waals surface area (Å²) in [6, 6.07) is 9.56. The Bertz CT molecular complexity index is 470. The number of hydrogen-bond acceptors (Lipinski definition) is 2. The number of benzene rings is 1. The van der Waals surface area contributed by atoms with Crippen LogP contribution in [0.25, 0.3) is 0 Å². The van der Waals surface area contributed by atoms with Crippen molar-refractivity contribution in [3.05, 3.63) is 35.9 Å². The van der Waals surface area contributed by atoms with E-state index in [9.17, 15) is 4.79 Å². The first-order valence-corrected chi connectivity index (χ1v) is 6.42. The number of carboxylic acid groups (broad SMARTS) is 1. The van der Waals surface area contributed by atoms with Gasteiger partial charge in [-0.1, -0.05) is 30.3 Å². The van der Waals surface area contributed by atoms with Gasteiger partial charge in [0.1, 0.15) is 5.84 Å². The summed E-state index contributed by atoms with van der Waals surface area (Å²) in [6.45, 7) is 5.55. The lowest BCUT2D eigenvalue weighted by Gasteiger charge is -2.23. The zero-order valence-electron chi connectivity index (χ0n) is 11.0. The first-order chi connectivity index (χ1) is 9.08. The van der Waals surface area contributed by atoms with Crippen LogP contribution in [0.2, 0.25) is 0 Å². The second-order valence-electron chi connectivity index (χ2n) is 3.71. The maximum Gasteiger partial charge on any atom is 0.410 e. The molecule has 1 rings (SSSR count). The topological polar surface area (TPSA) is 64.9 Å². The van der Waals surface area contributed by atoms with Crippen LogP contribution in [-0.4, -0.2) is 40.1 Å². The molecule has 0 aliphatic carbocycles. The fourth-order valence-electron chi connectivity index (χ4n) is 1.64. The van der Waals surface area contributed by atoms with Crippen LogP contribution in [0.1, 0.15) is 19.4 Å². The van der Waals surface area contributed by atoms with Gasteiger partial charge in [-0.2, -0.15) is 0 Å². The highest BCUT2D eigenvalue weighted by molar-refractivity contribution is 7.80. The first kappa shape index (κ1) is 15.1. The fraction of sp³-hybridized carbons (Fsp3) is 0.308. The molecule has 1 aromatic rings. The summed E-state index contributed by atoms with van der Waals surface area (Å²) in [5.74, 6) is 0.671. The molecule has 102 valence electrons. The number of amides is 1. The van der Waals surface area contributed by atoms with Gasteiger partial charge in [0.2, 0.25) is 5.11 Å². The molecule has 0 saturated carbocycles. The predicted octanol–water partition coefficient (Wildman–Crippen LogP) is 2.33. The van der Waals surface area contributed by atoms with Gasteiger partial charge in [-0.05, 0) is 26.1 Å². The van der Waals surface area contributed by atoms with Crippen molar-refractivity contribution in [1.82, 2.24) is 10.2 Å². The van der Waals surface area contributed by atoms with Crippen molar-refractivity contribution in [3.63, 3.8) is 0 Å². The number of rotatable bonds is 3. The standard InChI is InChI=1S/C13H17N3O2S/c1-3-16(4-2)11(10-8-6-5-7-9-10)14-12(19)15-13(17)18/h5-9H,3-4H2,1-2H3,(H,15,19)(H,17,18)/b14-11+. The Hall–Kier alpha value is -1.95. The highest BCUT2D eigenvalue weighted by atomic mass is 32.1. The molecule has 1 amide bonds. The fourth-order valence-corrected chi connectivity index (χ4v) is 1.82. The Morgan fingerprint density at radius 1 is 1.32 bits per heavy atom. The molecule has 6 heteroatoms. The quantitative estimate of drug-likeness (QED) is 0.506. The second-order valence-corrected chi connectivity index (χ2v) is 4.10. The van der Waals surface area contributed by atoms with Crippen LogP contribution in [0.5, 0.6) is 0 Å². The van der Waals surface area contributed by atoms with Gasteiger partial charge in [0.25, 0.3) is 0 Å². The lowest BCUT2D eigenvalue weighted by molar-refractivity contribution is 0.200. The Labute approximate surface area is 118 Å². The molecule has 0 aliphatic rings. The average molecular weight is 279 g/mol. The number of thiocarbonyl (C=S) groups is 1. The molecular formula is C13H17N3O2S. The Morgan fingerprint density at radius 3 is 2.37 bits per heavy atom. The normalized spacial score (nSPS) is 10.9. The van der Waals surface area contributed by atoms with Crippen LogP contribution >= 0.6 is 12.2 Å². The molecule has 0 atom stereocenters. The van der Waals surface area contributed by atoms with E-state index in [2.05, 4.69) is 10.3 Å². The zero-order chi connectivity index (χ0) is 14.3. The van der Waals surface area contributed by atoms with E-state index >= 15 is 0 Å². The summed E-state index contributed by atoms with van der Waals surface area (Å²) in [4.78, 5) is 16.8. The van der Waals surface area contributed by atoms with E-state index in [0.29, 0.717) is 5.84 Å². The monoisotopic (exact) mass is 279 g/mol. The van der Waals surface area contributed by atoms with Gasteiger partial charge >= 0.3 is 6.09 Å². The average Bonchev–Trinajstić information content (AvgIpc) is 2.39. The third-order valence-electron chi connectivity index (χ3n) is 2.52. The molecule has 0 unspecified atom stereocenters. The van der Waals surface area contributed by atoms with Crippen LogP contribution in [0, 0.1) is 0 Å². The number of aliphatic imine (C=N–C) groups is 1. The summed E-state index contributed by atoms with van der Waals surface area (Å²) >= 11 is 4.92. The third kappa shape index (κ3) is 4.67. The van der Waals surface area contributed by atoms with Gasteiger partial charge < -0.3 is 10.0 Å². The van der Waals surface area contributed by atoms with E-state index in [1.807, 2.05) is 49.1 Å². The maximum absolute atomic E-state index is 10.6. The van der Waals surface area contributed by atoms with Crippen LogP contribution in [0.4, 0.5) is 4.79 Å². The van der Waals surface area contributed by atoms with Crippen molar-refractivity contribution in [2.75, 3.05) is 13.1 Å². The van der Waals surface area contributed by atoms with Gasteiger partial charge in [0.05, 0.1) is 0 Å². The molecule has 2 N–H and O–H groups in total. The molecule has 0 fully saturated rings. The SMILES string of the molecule is CCN(CC)/C(=N/C(=S)NC(=O)O)c1ccccc1. The van der Waals surface area contributed by atoms with Crippen molar-refractivity contribution in [2.24, 2.45) is 4.99 Å². The van der Waals surface area contributed by atoms with Crippen LogP contribution in [0.3, 0.4) is 0 Å². The summed E-state index contributed by atoms with van der Waals surface area (Å²) in [6.07, 6.45) is -1.21. The molecule has 19 heavy (non-hydrogen) atoms. The zero-order valence-corrected chi connectivity index (χ0v) is 11.8. The van der Waals surface area contributed by atoms with Gasteiger partial charge in [0, 0.05) is 18.7 Å². The first-order valence-electron chi connectivity index (χ1n) is 6.01. The highest BCUT2D eigenvalue weighted by Crippen LogP contribution is 2.06. The summed E-state index contributed by atoms with van der Waals surface area (Å²) in [5.41, 5.74) is 0.903. The lowest BCUT2D eigenvalue weighted by Crippen LogP contribution is -2.34. The van der Waals surface area contributed by atoms with Crippen molar-refractivity contribution in [2.45, 2.75) is 13.8 Å². The predicted molar refractivity (Wildman–Crippen MR) is 79.7 cm³/mol. The van der Waals surface area contributed by atoms with Gasteiger partial charge in [-0.3, -0.25) is 5.32 Å². The number of amidine groups is 1. The molecule has 0 aliphatic heterocycles. The van der Waals surface area contributed by atoms with E-state index in [0.717, 1.165) is 18.7 Å². The molecule has 0 aromatic heterocycles. The van der Waals surface area contributed by atoms with E-state index in [1.54, 1.807) is 0 Å². The van der Waals surface area contributed by atoms with Crippen LogP contribution < -0.4 is 5.32 Å². The molecule has 0 saturated heterocycles. The van der Waals surface area contributed by atoms with Crippen molar-refractivity contribution in [1.29, 1.82) is 0 Å². The second kappa shape index (κ2) is 7.48. The molecule has 0 bridgehead atoms. The minimum atomic E-state index is -1.21. The molecule has 5 nitrogen and oxygen atoms in total. The third-order valence-corrected chi connectivity index (χ3v) is 2.71. The highest BCUT2D eigenvalue weighted by Gasteiger charge is 2.11. The van der Waals surface area contributed by atoms with Crippen molar-refractivity contribution >= 4 is 29.3 Å².